The van der Waals surface area contributed by atoms with Crippen LogP contribution in [0.4, 0.5) is 0 Å². The molecule has 0 radical (unpaired) electrons. The molecule has 0 atom stereocenters. The summed E-state index contributed by atoms with van der Waals surface area (Å²) in [7, 11) is 6.82. The van der Waals surface area contributed by atoms with E-state index in [0.717, 1.165) is 67.4 Å². The number of rotatable bonds is 56. The Kier molecular flexibility index (Phi) is 52.6. The summed E-state index contributed by atoms with van der Waals surface area (Å²) < 4.78 is 20.9. The van der Waals surface area contributed by atoms with E-state index in [-0.39, 0.29) is 17.0 Å². The van der Waals surface area contributed by atoms with Gasteiger partial charge in [0.05, 0.1) is 41.0 Å². The standard InChI is InChI=1S/C64H124NO3.BrH/c1-7-10-13-16-19-22-25-28-31-34-37-40-43-46-49-52-55-66-62-58-61(60-65(4,5)6)59-63(67-56-53-50-47-44-41-38-35-32-29-26-23-20-17-14-11-8-2)64(62)68-57-54-51-48-45-42-39-36-33-30-27-24-21-18-15-12-9-3;/h58-59H,7-57,60H2,1-6H3;1H/q+1;/p-1. The summed E-state index contributed by atoms with van der Waals surface area (Å²) in [6, 6.07) is 4.53. The Balaban J connectivity index is 0.0000462. The van der Waals surface area contributed by atoms with Gasteiger partial charge in [-0.25, -0.2) is 0 Å². The lowest BCUT2D eigenvalue weighted by atomic mass is 10.0. The lowest BCUT2D eigenvalue weighted by Crippen LogP contribution is -3.00. The molecule has 5 heteroatoms. The van der Waals surface area contributed by atoms with Crippen molar-refractivity contribution < 1.29 is 35.7 Å². The fraction of sp³-hybridized carbons (Fsp3) is 0.906. The number of benzene rings is 1. The van der Waals surface area contributed by atoms with Crippen LogP contribution in [-0.2, 0) is 6.54 Å². The summed E-state index contributed by atoms with van der Waals surface area (Å²) in [5.74, 6) is 2.65. The zero-order valence-electron chi connectivity index (χ0n) is 48.0. The van der Waals surface area contributed by atoms with Gasteiger partial charge in [0.2, 0.25) is 5.75 Å². The molecule has 0 N–H and O–H groups in total. The van der Waals surface area contributed by atoms with Crippen LogP contribution >= 0.6 is 0 Å². The maximum Gasteiger partial charge on any atom is 0.203 e. The van der Waals surface area contributed by atoms with E-state index in [1.807, 2.05) is 0 Å². The summed E-state index contributed by atoms with van der Waals surface area (Å²) in [4.78, 5) is 0. The topological polar surface area (TPSA) is 27.7 Å². The molecule has 1 aromatic rings. The molecule has 69 heavy (non-hydrogen) atoms. The van der Waals surface area contributed by atoms with Crippen molar-refractivity contribution in [2.45, 2.75) is 336 Å². The summed E-state index contributed by atoms with van der Waals surface area (Å²) in [6.07, 6.45) is 66.4. The number of quaternary nitrogens is 1. The minimum Gasteiger partial charge on any atom is -1.00 e. The average Bonchev–Trinajstić information content (AvgIpc) is 3.32. The lowest BCUT2D eigenvalue weighted by molar-refractivity contribution is -0.884. The predicted molar refractivity (Wildman–Crippen MR) is 303 cm³/mol. The van der Waals surface area contributed by atoms with Crippen LogP contribution in [0.25, 0.3) is 0 Å². The molecule has 1 rings (SSSR count). The van der Waals surface area contributed by atoms with Crippen molar-refractivity contribution in [3.8, 4) is 17.2 Å². The number of unbranched alkanes of at least 4 members (excludes halogenated alkanes) is 45. The highest BCUT2D eigenvalue weighted by Gasteiger charge is 2.19. The number of hydrogen-bond donors (Lipinski definition) is 0. The smallest absolute Gasteiger partial charge is 0.203 e. The average molecular weight is 1040 g/mol. The Morgan fingerprint density at radius 2 is 0.464 bits per heavy atom. The van der Waals surface area contributed by atoms with Crippen molar-refractivity contribution in [3.05, 3.63) is 17.7 Å². The van der Waals surface area contributed by atoms with Gasteiger partial charge in [0, 0.05) is 5.56 Å². The van der Waals surface area contributed by atoms with Crippen molar-refractivity contribution in [3.63, 3.8) is 0 Å². The molecule has 0 aromatic heterocycles. The summed E-state index contributed by atoms with van der Waals surface area (Å²) in [5, 5.41) is 0. The summed E-state index contributed by atoms with van der Waals surface area (Å²) >= 11 is 0. The number of hydrogen-bond acceptors (Lipinski definition) is 3. The van der Waals surface area contributed by atoms with Gasteiger partial charge in [0.25, 0.3) is 0 Å². The molecule has 1 aromatic carbocycles. The molecule has 0 amide bonds. The number of nitrogens with zero attached hydrogens (tertiary/aromatic N) is 1. The highest BCUT2D eigenvalue weighted by molar-refractivity contribution is 5.54. The van der Waals surface area contributed by atoms with Crippen molar-refractivity contribution in [2.24, 2.45) is 0 Å². The van der Waals surface area contributed by atoms with Crippen LogP contribution < -0.4 is 31.2 Å². The maximum absolute atomic E-state index is 6.68. The van der Waals surface area contributed by atoms with Gasteiger partial charge in [0.15, 0.2) is 11.5 Å². The van der Waals surface area contributed by atoms with Crippen molar-refractivity contribution >= 4 is 0 Å². The van der Waals surface area contributed by atoms with E-state index in [9.17, 15) is 0 Å². The quantitative estimate of drug-likeness (QED) is 0.0481. The zero-order chi connectivity index (χ0) is 49.1. The fourth-order valence-corrected chi connectivity index (χ4v) is 10.1. The first-order chi connectivity index (χ1) is 33.4. The highest BCUT2D eigenvalue weighted by Crippen LogP contribution is 2.40. The molecular weight excluding hydrogens is 911 g/mol. The molecule has 0 saturated carbocycles. The summed E-state index contributed by atoms with van der Waals surface area (Å²) in [5.41, 5.74) is 1.27. The van der Waals surface area contributed by atoms with Gasteiger partial charge in [-0.3, -0.25) is 0 Å². The van der Waals surface area contributed by atoms with Crippen LogP contribution in [-0.4, -0.2) is 45.4 Å². The zero-order valence-corrected chi connectivity index (χ0v) is 49.6. The van der Waals surface area contributed by atoms with E-state index >= 15 is 0 Å². The Morgan fingerprint density at radius 3 is 0.667 bits per heavy atom. The first-order valence-electron chi connectivity index (χ1n) is 31.3. The van der Waals surface area contributed by atoms with Crippen molar-refractivity contribution in [1.82, 2.24) is 0 Å². The van der Waals surface area contributed by atoms with Gasteiger partial charge in [0.1, 0.15) is 6.54 Å². The Labute approximate surface area is 444 Å². The van der Waals surface area contributed by atoms with Gasteiger partial charge in [-0.2, -0.15) is 0 Å². The third kappa shape index (κ3) is 47.8. The molecule has 0 bridgehead atoms. The van der Waals surface area contributed by atoms with Gasteiger partial charge < -0.3 is 35.7 Å². The van der Waals surface area contributed by atoms with Crippen LogP contribution in [0, 0.1) is 0 Å². The highest BCUT2D eigenvalue weighted by atomic mass is 79.9. The van der Waals surface area contributed by atoms with Gasteiger partial charge in [-0.15, -0.1) is 0 Å². The lowest BCUT2D eigenvalue weighted by Gasteiger charge is -2.25. The molecule has 0 aliphatic rings. The SMILES string of the molecule is CCCCCCCCCCCCCCCCCCOc1cc(C[N+](C)(C)C)cc(OCCCCCCCCCCCCCCCCCC)c1OCCCCCCCCCCCCCCCCCC.[Br-]. The minimum atomic E-state index is 0. The number of ether oxygens (including phenoxy) is 3. The second kappa shape index (κ2) is 53.4. The molecule has 0 aliphatic heterocycles. The van der Waals surface area contributed by atoms with Gasteiger partial charge in [-0.1, -0.05) is 310 Å². The van der Waals surface area contributed by atoms with Gasteiger partial charge in [-0.05, 0) is 31.4 Å². The van der Waals surface area contributed by atoms with Crippen molar-refractivity contribution in [1.29, 1.82) is 0 Å². The molecule has 0 heterocycles. The molecule has 0 unspecified atom stereocenters. The summed E-state index contributed by atoms with van der Waals surface area (Å²) in [6.45, 7) is 10.1. The first kappa shape index (κ1) is 68.1. The normalized spacial score (nSPS) is 11.6. The van der Waals surface area contributed by atoms with Crippen LogP contribution in [0.3, 0.4) is 0 Å². The van der Waals surface area contributed by atoms with E-state index in [4.69, 9.17) is 14.2 Å². The van der Waals surface area contributed by atoms with E-state index < -0.39 is 0 Å². The molecule has 0 saturated heterocycles. The predicted octanol–water partition coefficient (Wildman–Crippen LogP) is 18.8. The second-order valence-electron chi connectivity index (χ2n) is 22.8. The first-order valence-corrected chi connectivity index (χ1v) is 31.3. The Bertz CT molecular complexity index is 1090. The molecule has 0 aliphatic carbocycles. The third-order valence-corrected chi connectivity index (χ3v) is 14.5. The minimum absolute atomic E-state index is 0. The van der Waals surface area contributed by atoms with Crippen LogP contribution in [0.1, 0.15) is 335 Å². The molecule has 4 nitrogen and oxygen atoms in total. The van der Waals surface area contributed by atoms with Crippen LogP contribution in [0.5, 0.6) is 17.2 Å². The van der Waals surface area contributed by atoms with Crippen molar-refractivity contribution in [2.75, 3.05) is 41.0 Å². The molecule has 0 fully saturated rings. The number of halogens is 1. The van der Waals surface area contributed by atoms with E-state index in [2.05, 4.69) is 54.0 Å². The van der Waals surface area contributed by atoms with E-state index in [1.165, 1.54) is 295 Å². The molecule has 410 valence electrons. The Hall–Kier alpha value is -0.940. The Morgan fingerprint density at radius 1 is 0.275 bits per heavy atom. The molecule has 0 spiro atoms. The van der Waals surface area contributed by atoms with Crippen LogP contribution in [0.2, 0.25) is 0 Å². The molecular formula is C64H124BrNO3. The third-order valence-electron chi connectivity index (χ3n) is 14.5. The van der Waals surface area contributed by atoms with Gasteiger partial charge >= 0.3 is 0 Å². The second-order valence-corrected chi connectivity index (χ2v) is 22.8. The van der Waals surface area contributed by atoms with E-state index in [1.54, 1.807) is 0 Å². The largest absolute Gasteiger partial charge is 1.00 e. The van der Waals surface area contributed by atoms with Crippen LogP contribution in [0.15, 0.2) is 12.1 Å². The maximum atomic E-state index is 6.68. The monoisotopic (exact) mass is 1030 g/mol. The van der Waals surface area contributed by atoms with E-state index in [0.29, 0.717) is 0 Å². The fourth-order valence-electron chi connectivity index (χ4n) is 10.1.